The van der Waals surface area contributed by atoms with Crippen LogP contribution in [0.1, 0.15) is 23.6 Å². The van der Waals surface area contributed by atoms with Crippen LogP contribution in [0.2, 0.25) is 0 Å². The molecule has 0 aliphatic rings. The maximum atomic E-state index is 12.4. The van der Waals surface area contributed by atoms with Crippen LogP contribution in [0.4, 0.5) is 0 Å². The molecule has 0 aliphatic heterocycles. The van der Waals surface area contributed by atoms with E-state index in [9.17, 15) is 9.59 Å². The van der Waals surface area contributed by atoms with Crippen molar-refractivity contribution in [1.29, 1.82) is 0 Å². The molecule has 1 amide bonds. The molecule has 0 saturated carbocycles. The first-order chi connectivity index (χ1) is 12.5. The number of aromatic amines is 1. The van der Waals surface area contributed by atoms with E-state index in [1.807, 2.05) is 55.5 Å². The number of H-pyrrole nitrogens is 1. The van der Waals surface area contributed by atoms with Crippen molar-refractivity contribution >= 4 is 16.8 Å². The lowest BCUT2D eigenvalue weighted by molar-refractivity contribution is -0.130. The van der Waals surface area contributed by atoms with Crippen molar-refractivity contribution in [3.63, 3.8) is 0 Å². The zero-order valence-electron chi connectivity index (χ0n) is 15.2. The van der Waals surface area contributed by atoms with Crippen LogP contribution in [0.5, 0.6) is 5.75 Å². The number of para-hydroxylation sites is 1. The first-order valence-corrected chi connectivity index (χ1v) is 8.48. The summed E-state index contributed by atoms with van der Waals surface area (Å²) in [4.78, 5) is 29.1. The Balaban J connectivity index is 1.93. The fourth-order valence-corrected chi connectivity index (χ4v) is 3.01. The van der Waals surface area contributed by atoms with Crippen molar-refractivity contribution in [2.24, 2.45) is 0 Å². The molecule has 2 aromatic carbocycles. The van der Waals surface area contributed by atoms with E-state index < -0.39 is 0 Å². The number of hydrogen-bond donors (Lipinski definition) is 1. The van der Waals surface area contributed by atoms with E-state index in [2.05, 4.69) is 4.98 Å². The number of aromatic nitrogens is 1. The Hall–Kier alpha value is -3.08. The number of fused-ring (bicyclic) bond motifs is 1. The minimum absolute atomic E-state index is 0.0976. The van der Waals surface area contributed by atoms with Crippen LogP contribution >= 0.6 is 0 Å². The number of aryl methyl sites for hydroxylation is 1. The molecule has 0 atom stereocenters. The molecule has 1 aromatic heterocycles. The third-order valence-corrected chi connectivity index (χ3v) is 4.44. The van der Waals surface area contributed by atoms with Crippen LogP contribution in [0, 0.1) is 6.92 Å². The second-order valence-electron chi connectivity index (χ2n) is 6.40. The summed E-state index contributed by atoms with van der Waals surface area (Å²) in [5.41, 5.74) is 3.20. The largest absolute Gasteiger partial charge is 0.496 e. The standard InChI is InChI=1S/C21H22N2O3/c1-14-8-9-19-17(10-14)11-18(21(25)22-19)13-23(15(2)24)12-16-6-4-5-7-20(16)26-3/h4-11H,12-13H2,1-3H3,(H,22,25). The van der Waals surface area contributed by atoms with Crippen LogP contribution in [0.3, 0.4) is 0 Å². The molecule has 0 saturated heterocycles. The third kappa shape index (κ3) is 3.77. The van der Waals surface area contributed by atoms with Gasteiger partial charge in [0, 0.05) is 30.1 Å². The van der Waals surface area contributed by atoms with Gasteiger partial charge in [0.15, 0.2) is 0 Å². The average Bonchev–Trinajstić information content (AvgIpc) is 2.62. The Labute approximate surface area is 152 Å². The molecule has 5 nitrogen and oxygen atoms in total. The lowest BCUT2D eigenvalue weighted by Crippen LogP contribution is -2.30. The van der Waals surface area contributed by atoms with Crippen LogP contribution in [-0.2, 0) is 17.9 Å². The van der Waals surface area contributed by atoms with Gasteiger partial charge >= 0.3 is 0 Å². The topological polar surface area (TPSA) is 62.4 Å². The van der Waals surface area contributed by atoms with Gasteiger partial charge in [0.2, 0.25) is 5.91 Å². The van der Waals surface area contributed by atoms with Gasteiger partial charge in [0.05, 0.1) is 13.7 Å². The molecule has 3 rings (SSSR count). The first kappa shape index (κ1) is 17.7. The first-order valence-electron chi connectivity index (χ1n) is 8.48. The molecule has 1 heterocycles. The number of carbonyl (C=O) groups excluding carboxylic acids is 1. The second kappa shape index (κ2) is 7.44. The summed E-state index contributed by atoms with van der Waals surface area (Å²) in [7, 11) is 1.60. The van der Waals surface area contributed by atoms with Gasteiger partial charge in [-0.3, -0.25) is 9.59 Å². The van der Waals surface area contributed by atoms with Crippen molar-refractivity contribution < 1.29 is 9.53 Å². The summed E-state index contributed by atoms with van der Waals surface area (Å²) in [5, 5.41) is 0.959. The van der Waals surface area contributed by atoms with E-state index in [0.717, 1.165) is 27.8 Å². The Morgan fingerprint density at radius 1 is 1.08 bits per heavy atom. The summed E-state index contributed by atoms with van der Waals surface area (Å²) in [6.07, 6.45) is 0. The molecule has 0 fully saturated rings. The molecule has 0 radical (unpaired) electrons. The van der Waals surface area contributed by atoms with E-state index >= 15 is 0 Å². The Morgan fingerprint density at radius 2 is 1.81 bits per heavy atom. The lowest BCUT2D eigenvalue weighted by atomic mass is 10.1. The number of nitrogens with zero attached hydrogens (tertiary/aromatic N) is 1. The maximum Gasteiger partial charge on any atom is 0.253 e. The Morgan fingerprint density at radius 3 is 2.54 bits per heavy atom. The highest BCUT2D eigenvalue weighted by Gasteiger charge is 2.15. The van der Waals surface area contributed by atoms with Crippen molar-refractivity contribution in [3.05, 3.63) is 75.6 Å². The van der Waals surface area contributed by atoms with Crippen molar-refractivity contribution in [2.45, 2.75) is 26.9 Å². The quantitative estimate of drug-likeness (QED) is 0.767. The summed E-state index contributed by atoms with van der Waals surface area (Å²) in [6.45, 7) is 4.14. The lowest BCUT2D eigenvalue weighted by Gasteiger charge is -2.22. The van der Waals surface area contributed by atoms with E-state index in [-0.39, 0.29) is 18.0 Å². The number of ether oxygens (including phenoxy) is 1. The number of hydrogen-bond acceptors (Lipinski definition) is 3. The summed E-state index contributed by atoms with van der Waals surface area (Å²) in [6, 6.07) is 15.3. The number of nitrogens with one attached hydrogen (secondary N) is 1. The summed E-state index contributed by atoms with van der Waals surface area (Å²) >= 11 is 0. The molecule has 0 spiro atoms. The summed E-state index contributed by atoms with van der Waals surface area (Å²) < 4.78 is 5.36. The van der Waals surface area contributed by atoms with E-state index in [1.54, 1.807) is 12.0 Å². The summed E-state index contributed by atoms with van der Waals surface area (Å²) in [5.74, 6) is 0.626. The number of benzene rings is 2. The molecule has 1 N–H and O–H groups in total. The minimum Gasteiger partial charge on any atom is -0.496 e. The third-order valence-electron chi connectivity index (χ3n) is 4.44. The number of amides is 1. The zero-order chi connectivity index (χ0) is 18.7. The number of rotatable bonds is 5. The van der Waals surface area contributed by atoms with Crippen molar-refractivity contribution in [2.75, 3.05) is 7.11 Å². The average molecular weight is 350 g/mol. The van der Waals surface area contributed by atoms with Crippen LogP contribution < -0.4 is 10.3 Å². The smallest absolute Gasteiger partial charge is 0.253 e. The predicted molar refractivity (Wildman–Crippen MR) is 102 cm³/mol. The van der Waals surface area contributed by atoms with Gasteiger partial charge in [0.1, 0.15) is 5.75 Å². The zero-order valence-corrected chi connectivity index (χ0v) is 15.2. The van der Waals surface area contributed by atoms with Crippen LogP contribution in [0.25, 0.3) is 10.9 Å². The molecule has 0 bridgehead atoms. The van der Waals surface area contributed by atoms with Gasteiger partial charge in [-0.1, -0.05) is 29.8 Å². The molecular formula is C21H22N2O3. The van der Waals surface area contributed by atoms with Gasteiger partial charge in [-0.05, 0) is 36.6 Å². The van der Waals surface area contributed by atoms with Gasteiger partial charge in [0.25, 0.3) is 5.56 Å². The predicted octanol–water partition coefficient (Wildman–Crippen LogP) is 3.39. The fraction of sp³-hybridized carbons (Fsp3) is 0.238. The SMILES string of the molecule is COc1ccccc1CN(Cc1cc2cc(C)ccc2[nH]c1=O)C(C)=O. The number of pyridine rings is 1. The Kier molecular flexibility index (Phi) is 5.07. The van der Waals surface area contributed by atoms with E-state index in [1.165, 1.54) is 6.92 Å². The molecule has 134 valence electrons. The highest BCUT2D eigenvalue weighted by molar-refractivity contribution is 5.80. The molecule has 3 aromatic rings. The minimum atomic E-state index is -0.173. The van der Waals surface area contributed by atoms with Crippen LogP contribution in [0.15, 0.2) is 53.3 Å². The highest BCUT2D eigenvalue weighted by atomic mass is 16.5. The van der Waals surface area contributed by atoms with Gasteiger partial charge < -0.3 is 14.6 Å². The van der Waals surface area contributed by atoms with Crippen molar-refractivity contribution in [3.8, 4) is 5.75 Å². The Bertz CT molecular complexity index is 1010. The number of methoxy groups -OCH3 is 1. The van der Waals surface area contributed by atoms with E-state index in [0.29, 0.717) is 12.1 Å². The molecule has 5 heteroatoms. The molecule has 0 aliphatic carbocycles. The maximum absolute atomic E-state index is 12.4. The number of carbonyl (C=O) groups is 1. The van der Waals surface area contributed by atoms with Crippen molar-refractivity contribution in [1.82, 2.24) is 9.88 Å². The fourth-order valence-electron chi connectivity index (χ4n) is 3.01. The second-order valence-corrected chi connectivity index (χ2v) is 6.40. The van der Waals surface area contributed by atoms with Gasteiger partial charge in [-0.25, -0.2) is 0 Å². The van der Waals surface area contributed by atoms with E-state index in [4.69, 9.17) is 4.74 Å². The van der Waals surface area contributed by atoms with Gasteiger partial charge in [-0.2, -0.15) is 0 Å². The molecule has 26 heavy (non-hydrogen) atoms. The highest BCUT2D eigenvalue weighted by Crippen LogP contribution is 2.21. The normalized spacial score (nSPS) is 10.7. The molecule has 0 unspecified atom stereocenters. The van der Waals surface area contributed by atoms with Crippen LogP contribution in [-0.4, -0.2) is 22.9 Å². The van der Waals surface area contributed by atoms with Gasteiger partial charge in [-0.15, -0.1) is 0 Å². The molecular weight excluding hydrogens is 328 g/mol. The monoisotopic (exact) mass is 350 g/mol.